The van der Waals surface area contributed by atoms with E-state index in [9.17, 15) is 4.79 Å². The maximum absolute atomic E-state index is 12.2. The summed E-state index contributed by atoms with van der Waals surface area (Å²) in [5.41, 5.74) is 5.13. The van der Waals surface area contributed by atoms with E-state index in [0.717, 1.165) is 30.7 Å². The molecule has 0 unspecified atom stereocenters. The number of hydrogen-bond acceptors (Lipinski definition) is 3. The number of rotatable bonds is 4. The Hall–Kier alpha value is -2.55. The molecule has 25 heavy (non-hydrogen) atoms. The number of ketones is 1. The second kappa shape index (κ2) is 6.75. The van der Waals surface area contributed by atoms with Crippen molar-refractivity contribution in [3.63, 3.8) is 0 Å². The molecule has 0 spiro atoms. The minimum absolute atomic E-state index is 0.213. The summed E-state index contributed by atoms with van der Waals surface area (Å²) in [6.07, 6.45) is 5.36. The van der Waals surface area contributed by atoms with E-state index in [1.165, 1.54) is 16.7 Å². The predicted molar refractivity (Wildman–Crippen MR) is 98.8 cm³/mol. The van der Waals surface area contributed by atoms with Gasteiger partial charge in [-0.15, -0.1) is 0 Å². The SMILES string of the molecule is COc1ccc([C@H]2CC(=O)C=C(NC3Cc4ccccc4C3)C2)cc1. The number of methoxy groups -OCH3 is 1. The Labute approximate surface area is 148 Å². The molecule has 128 valence electrons. The largest absolute Gasteiger partial charge is 0.497 e. The lowest BCUT2D eigenvalue weighted by molar-refractivity contribution is -0.115. The highest BCUT2D eigenvalue weighted by atomic mass is 16.5. The fourth-order valence-corrected chi connectivity index (χ4v) is 4.03. The predicted octanol–water partition coefficient (Wildman–Crippen LogP) is 3.78. The van der Waals surface area contributed by atoms with Gasteiger partial charge in [0.05, 0.1) is 7.11 Å². The molecule has 1 N–H and O–H groups in total. The average Bonchev–Trinajstić information content (AvgIpc) is 3.03. The zero-order chi connectivity index (χ0) is 17.2. The Kier molecular flexibility index (Phi) is 4.31. The molecule has 3 nitrogen and oxygen atoms in total. The van der Waals surface area contributed by atoms with Gasteiger partial charge in [0.25, 0.3) is 0 Å². The van der Waals surface area contributed by atoms with E-state index in [4.69, 9.17) is 4.74 Å². The summed E-state index contributed by atoms with van der Waals surface area (Å²) < 4.78 is 5.23. The van der Waals surface area contributed by atoms with Gasteiger partial charge < -0.3 is 10.1 Å². The van der Waals surface area contributed by atoms with Gasteiger partial charge in [-0.2, -0.15) is 0 Å². The van der Waals surface area contributed by atoms with Crippen LogP contribution in [0, 0.1) is 0 Å². The van der Waals surface area contributed by atoms with Gasteiger partial charge in [-0.25, -0.2) is 0 Å². The topological polar surface area (TPSA) is 38.3 Å². The Balaban J connectivity index is 1.45. The van der Waals surface area contributed by atoms with Crippen molar-refractivity contribution in [2.24, 2.45) is 0 Å². The van der Waals surface area contributed by atoms with Gasteiger partial charge in [0, 0.05) is 24.2 Å². The fourth-order valence-electron chi connectivity index (χ4n) is 4.03. The van der Waals surface area contributed by atoms with Gasteiger partial charge in [-0.05, 0) is 54.0 Å². The number of carbonyl (C=O) groups excluding carboxylic acids is 1. The molecule has 0 heterocycles. The molecule has 2 aliphatic carbocycles. The number of hydrogen-bond donors (Lipinski definition) is 1. The normalized spacial score (nSPS) is 20.1. The smallest absolute Gasteiger partial charge is 0.158 e. The van der Waals surface area contributed by atoms with Gasteiger partial charge in [0.1, 0.15) is 5.75 Å². The van der Waals surface area contributed by atoms with Gasteiger partial charge in [-0.3, -0.25) is 4.79 Å². The molecule has 2 aromatic rings. The number of fused-ring (bicyclic) bond motifs is 1. The average molecular weight is 333 g/mol. The van der Waals surface area contributed by atoms with Crippen LogP contribution >= 0.6 is 0 Å². The molecule has 0 radical (unpaired) electrons. The summed E-state index contributed by atoms with van der Waals surface area (Å²) in [7, 11) is 1.67. The number of nitrogens with one attached hydrogen (secondary N) is 1. The minimum Gasteiger partial charge on any atom is -0.497 e. The van der Waals surface area contributed by atoms with Crippen LogP contribution in [-0.4, -0.2) is 18.9 Å². The second-order valence-electron chi connectivity index (χ2n) is 7.03. The van der Waals surface area contributed by atoms with E-state index in [0.29, 0.717) is 12.5 Å². The molecule has 0 aliphatic heterocycles. The van der Waals surface area contributed by atoms with E-state index in [1.807, 2.05) is 18.2 Å². The Morgan fingerprint density at radius 3 is 2.24 bits per heavy atom. The highest BCUT2D eigenvalue weighted by molar-refractivity contribution is 5.92. The third-order valence-corrected chi connectivity index (χ3v) is 5.28. The van der Waals surface area contributed by atoms with Crippen LogP contribution in [0.2, 0.25) is 0 Å². The Morgan fingerprint density at radius 1 is 0.920 bits per heavy atom. The van der Waals surface area contributed by atoms with Crippen LogP contribution in [0.5, 0.6) is 5.75 Å². The molecule has 0 aromatic heterocycles. The quantitative estimate of drug-likeness (QED) is 0.925. The van der Waals surface area contributed by atoms with E-state index in [-0.39, 0.29) is 11.7 Å². The van der Waals surface area contributed by atoms with Crippen molar-refractivity contribution >= 4 is 5.78 Å². The molecule has 0 saturated carbocycles. The zero-order valence-corrected chi connectivity index (χ0v) is 14.5. The molecule has 2 aliphatic rings. The Morgan fingerprint density at radius 2 is 1.60 bits per heavy atom. The van der Waals surface area contributed by atoms with Crippen molar-refractivity contribution in [1.82, 2.24) is 5.32 Å². The third-order valence-electron chi connectivity index (χ3n) is 5.28. The lowest BCUT2D eigenvalue weighted by Crippen LogP contribution is -2.32. The van der Waals surface area contributed by atoms with Crippen LogP contribution in [0.15, 0.2) is 60.3 Å². The number of ether oxygens (including phenoxy) is 1. The van der Waals surface area contributed by atoms with Crippen LogP contribution in [0.25, 0.3) is 0 Å². The summed E-state index contributed by atoms with van der Waals surface area (Å²) in [6.45, 7) is 0. The van der Waals surface area contributed by atoms with Crippen LogP contribution in [0.4, 0.5) is 0 Å². The van der Waals surface area contributed by atoms with Gasteiger partial charge >= 0.3 is 0 Å². The van der Waals surface area contributed by atoms with Crippen molar-refractivity contribution in [3.8, 4) is 5.75 Å². The summed E-state index contributed by atoms with van der Waals surface area (Å²) in [4.78, 5) is 12.2. The molecule has 1 atom stereocenters. The number of allylic oxidation sites excluding steroid dienone is 2. The van der Waals surface area contributed by atoms with E-state index in [1.54, 1.807) is 7.11 Å². The summed E-state index contributed by atoms with van der Waals surface area (Å²) in [5, 5.41) is 3.63. The van der Waals surface area contributed by atoms with Gasteiger partial charge in [-0.1, -0.05) is 36.4 Å². The minimum atomic E-state index is 0.213. The first-order chi connectivity index (χ1) is 12.2. The molecular formula is C22H23NO2. The van der Waals surface area contributed by atoms with Crippen molar-refractivity contribution in [2.45, 2.75) is 37.6 Å². The fraction of sp³-hybridized carbons (Fsp3) is 0.318. The summed E-state index contributed by atoms with van der Waals surface area (Å²) in [6, 6.07) is 17.1. The molecule has 3 heteroatoms. The van der Waals surface area contributed by atoms with Gasteiger partial charge in [0.15, 0.2) is 5.78 Å². The van der Waals surface area contributed by atoms with E-state index >= 15 is 0 Å². The summed E-state index contributed by atoms with van der Waals surface area (Å²) in [5.74, 6) is 1.31. The standard InChI is InChI=1S/C22H23NO2/c1-25-22-8-6-15(7-9-22)18-12-20(14-21(24)13-18)23-19-10-16-4-2-3-5-17(16)11-19/h2-9,14,18-19,23H,10-13H2,1H3/t18-/m1/s1. The number of benzene rings is 2. The number of carbonyl (C=O) groups is 1. The molecule has 0 saturated heterocycles. The highest BCUT2D eigenvalue weighted by Crippen LogP contribution is 2.32. The van der Waals surface area contributed by atoms with E-state index in [2.05, 4.69) is 41.7 Å². The first-order valence-corrected chi connectivity index (χ1v) is 8.92. The Bertz CT molecular complexity index is 782. The van der Waals surface area contributed by atoms with Crippen LogP contribution in [0.3, 0.4) is 0 Å². The maximum atomic E-state index is 12.2. The molecule has 0 fully saturated rings. The van der Waals surface area contributed by atoms with Crippen molar-refractivity contribution in [3.05, 3.63) is 77.0 Å². The van der Waals surface area contributed by atoms with Crippen molar-refractivity contribution in [2.75, 3.05) is 7.11 Å². The van der Waals surface area contributed by atoms with Crippen molar-refractivity contribution < 1.29 is 9.53 Å². The molecular weight excluding hydrogens is 310 g/mol. The monoisotopic (exact) mass is 333 g/mol. The lowest BCUT2D eigenvalue weighted by Gasteiger charge is -2.26. The zero-order valence-electron chi connectivity index (χ0n) is 14.5. The summed E-state index contributed by atoms with van der Waals surface area (Å²) >= 11 is 0. The third kappa shape index (κ3) is 3.46. The molecule has 0 amide bonds. The van der Waals surface area contributed by atoms with Crippen LogP contribution in [-0.2, 0) is 17.6 Å². The first-order valence-electron chi connectivity index (χ1n) is 8.92. The molecule has 0 bridgehead atoms. The first kappa shape index (κ1) is 15.9. The molecule has 4 rings (SSSR count). The van der Waals surface area contributed by atoms with Crippen LogP contribution < -0.4 is 10.1 Å². The maximum Gasteiger partial charge on any atom is 0.158 e. The lowest BCUT2D eigenvalue weighted by atomic mass is 9.85. The van der Waals surface area contributed by atoms with Gasteiger partial charge in [0.2, 0.25) is 0 Å². The van der Waals surface area contributed by atoms with Crippen molar-refractivity contribution in [1.29, 1.82) is 0 Å². The second-order valence-corrected chi connectivity index (χ2v) is 7.03. The van der Waals surface area contributed by atoms with E-state index < -0.39 is 0 Å². The molecule has 2 aromatic carbocycles. The van der Waals surface area contributed by atoms with Crippen LogP contribution in [0.1, 0.15) is 35.4 Å². The highest BCUT2D eigenvalue weighted by Gasteiger charge is 2.26.